The molecule has 0 saturated carbocycles. The Bertz CT molecular complexity index is 439. The molecule has 1 amide bonds. The van der Waals surface area contributed by atoms with E-state index in [1.807, 2.05) is 0 Å². The van der Waals surface area contributed by atoms with Crippen molar-refractivity contribution >= 4 is 17.5 Å². The smallest absolute Gasteiger partial charge is 0.239 e. The van der Waals surface area contributed by atoms with Crippen LogP contribution in [-0.4, -0.2) is 38.1 Å². The first kappa shape index (κ1) is 14.1. The maximum absolute atomic E-state index is 13.5. The Hall–Kier alpha value is -1.92. The van der Waals surface area contributed by atoms with Gasteiger partial charge in [-0.3, -0.25) is 4.79 Å². The molecule has 1 rings (SSSR count). The van der Waals surface area contributed by atoms with Crippen molar-refractivity contribution in [3.63, 3.8) is 0 Å². The van der Waals surface area contributed by atoms with E-state index in [1.54, 1.807) is 6.92 Å². The van der Waals surface area contributed by atoms with Crippen LogP contribution in [0.25, 0.3) is 0 Å². The molecule has 5 nitrogen and oxygen atoms in total. The van der Waals surface area contributed by atoms with Gasteiger partial charge in [-0.15, -0.1) is 0 Å². The Kier molecular flexibility index (Phi) is 4.82. The average Bonchev–Trinajstić information content (AvgIpc) is 2.29. The fraction of sp³-hybridized carbons (Fsp3) is 0.455. The molecule has 1 heterocycles. The largest absolute Gasteiger partial charge is 0.371 e. The van der Waals surface area contributed by atoms with Gasteiger partial charge < -0.3 is 15.5 Å². The van der Waals surface area contributed by atoms with Crippen LogP contribution in [0.15, 0.2) is 6.07 Å². The number of nitrogens with one attached hydrogen (secondary N) is 2. The number of carbonyl (C=O) groups is 1. The highest BCUT2D eigenvalue weighted by atomic mass is 19.1. The number of likely N-dealkylation sites (N-methyl/N-ethyl adjacent to an activating group) is 2. The molecule has 2 N–H and O–H groups in total. The molecule has 0 aromatic carbocycles. The predicted molar refractivity (Wildman–Crippen MR) is 65.7 cm³/mol. The van der Waals surface area contributed by atoms with Crippen molar-refractivity contribution < 1.29 is 13.6 Å². The SMILES string of the molecule is CCNC(=O)CN(C)c1nc(NC)c(F)cc1F. The minimum absolute atomic E-state index is 0.0491. The summed E-state index contributed by atoms with van der Waals surface area (Å²) >= 11 is 0. The van der Waals surface area contributed by atoms with Crippen LogP contribution in [-0.2, 0) is 4.79 Å². The van der Waals surface area contributed by atoms with Crippen molar-refractivity contribution in [3.8, 4) is 0 Å². The molecule has 0 saturated heterocycles. The third kappa shape index (κ3) is 3.28. The second-order valence-electron chi connectivity index (χ2n) is 3.68. The van der Waals surface area contributed by atoms with Gasteiger partial charge in [0.2, 0.25) is 5.91 Å². The summed E-state index contributed by atoms with van der Waals surface area (Å²) in [5, 5.41) is 5.10. The molecule has 1 aromatic heterocycles. The molecular formula is C11H16F2N4O. The summed E-state index contributed by atoms with van der Waals surface area (Å²) in [6.45, 7) is 2.23. The van der Waals surface area contributed by atoms with E-state index in [0.29, 0.717) is 6.54 Å². The molecule has 0 spiro atoms. The van der Waals surface area contributed by atoms with Crippen LogP contribution in [0.3, 0.4) is 0 Å². The average molecular weight is 258 g/mol. The van der Waals surface area contributed by atoms with Crippen molar-refractivity contribution in [1.82, 2.24) is 10.3 Å². The summed E-state index contributed by atoms with van der Waals surface area (Å²) in [5.74, 6) is -1.97. The van der Waals surface area contributed by atoms with E-state index in [4.69, 9.17) is 0 Å². The van der Waals surface area contributed by atoms with Crippen molar-refractivity contribution in [1.29, 1.82) is 0 Å². The number of anilines is 2. The second kappa shape index (κ2) is 6.13. The highest BCUT2D eigenvalue weighted by molar-refractivity contribution is 5.80. The monoisotopic (exact) mass is 258 g/mol. The number of hydrogen-bond donors (Lipinski definition) is 2. The number of carbonyl (C=O) groups excluding carboxylic acids is 1. The summed E-state index contributed by atoms with van der Waals surface area (Å²) in [6, 6.07) is 0.738. The van der Waals surface area contributed by atoms with E-state index >= 15 is 0 Å². The topological polar surface area (TPSA) is 57.3 Å². The molecule has 18 heavy (non-hydrogen) atoms. The van der Waals surface area contributed by atoms with E-state index in [1.165, 1.54) is 19.0 Å². The lowest BCUT2D eigenvalue weighted by Gasteiger charge is -2.19. The zero-order valence-corrected chi connectivity index (χ0v) is 10.6. The zero-order chi connectivity index (χ0) is 13.7. The number of amides is 1. The highest BCUT2D eigenvalue weighted by Crippen LogP contribution is 2.20. The van der Waals surface area contributed by atoms with Crippen LogP contribution in [0.1, 0.15) is 6.92 Å². The number of rotatable bonds is 5. The van der Waals surface area contributed by atoms with E-state index in [2.05, 4.69) is 15.6 Å². The molecular weight excluding hydrogens is 242 g/mol. The molecule has 0 radical (unpaired) electrons. The van der Waals surface area contributed by atoms with Crippen LogP contribution in [0.2, 0.25) is 0 Å². The lowest BCUT2D eigenvalue weighted by atomic mass is 10.3. The second-order valence-corrected chi connectivity index (χ2v) is 3.68. The van der Waals surface area contributed by atoms with Gasteiger partial charge in [0.25, 0.3) is 0 Å². The fourth-order valence-electron chi connectivity index (χ4n) is 1.44. The molecule has 0 bridgehead atoms. The Morgan fingerprint density at radius 3 is 2.67 bits per heavy atom. The maximum atomic E-state index is 13.5. The maximum Gasteiger partial charge on any atom is 0.239 e. The van der Waals surface area contributed by atoms with Gasteiger partial charge >= 0.3 is 0 Å². The van der Waals surface area contributed by atoms with Gasteiger partial charge in [-0.2, -0.15) is 0 Å². The van der Waals surface area contributed by atoms with Crippen LogP contribution in [0, 0.1) is 11.6 Å². The van der Waals surface area contributed by atoms with E-state index < -0.39 is 11.6 Å². The number of aromatic nitrogens is 1. The molecule has 0 aliphatic heterocycles. The standard InChI is InChI=1S/C11H16F2N4O/c1-4-15-9(18)6-17(3)11-8(13)5-7(12)10(14-2)16-11/h5H,4,6H2,1-3H3,(H,14,16)(H,15,18). The van der Waals surface area contributed by atoms with Gasteiger partial charge in [0.05, 0.1) is 6.54 Å². The summed E-state index contributed by atoms with van der Waals surface area (Å²) in [6.07, 6.45) is 0. The molecule has 0 unspecified atom stereocenters. The first-order valence-corrected chi connectivity index (χ1v) is 5.51. The number of halogens is 2. The lowest BCUT2D eigenvalue weighted by Crippen LogP contribution is -2.35. The Balaban J connectivity index is 2.91. The van der Waals surface area contributed by atoms with Crippen molar-refractivity contribution in [2.24, 2.45) is 0 Å². The molecule has 7 heteroatoms. The Morgan fingerprint density at radius 1 is 1.44 bits per heavy atom. The first-order valence-electron chi connectivity index (χ1n) is 5.51. The van der Waals surface area contributed by atoms with Crippen molar-refractivity contribution in [2.45, 2.75) is 6.92 Å². The van der Waals surface area contributed by atoms with Crippen LogP contribution in [0.5, 0.6) is 0 Å². The molecule has 0 fully saturated rings. The van der Waals surface area contributed by atoms with Gasteiger partial charge in [0, 0.05) is 26.7 Å². The van der Waals surface area contributed by atoms with Gasteiger partial charge in [0.15, 0.2) is 23.3 Å². The first-order chi connectivity index (χ1) is 8.49. The summed E-state index contributed by atoms with van der Waals surface area (Å²) in [5.41, 5.74) is 0. The minimum Gasteiger partial charge on any atom is -0.371 e. The van der Waals surface area contributed by atoms with Crippen LogP contribution < -0.4 is 15.5 Å². The van der Waals surface area contributed by atoms with Crippen molar-refractivity contribution in [2.75, 3.05) is 37.4 Å². The third-order valence-electron chi connectivity index (χ3n) is 2.26. The van der Waals surface area contributed by atoms with Gasteiger partial charge in [0.1, 0.15) is 0 Å². The predicted octanol–water partition coefficient (Wildman–Crippen LogP) is 0.974. The fourth-order valence-corrected chi connectivity index (χ4v) is 1.44. The summed E-state index contributed by atoms with van der Waals surface area (Å²) in [7, 11) is 2.99. The van der Waals surface area contributed by atoms with E-state index in [-0.39, 0.29) is 24.1 Å². The van der Waals surface area contributed by atoms with Crippen LogP contribution >= 0.6 is 0 Å². The molecule has 1 aromatic rings. The molecule has 0 aliphatic carbocycles. The Morgan fingerprint density at radius 2 is 2.11 bits per heavy atom. The molecule has 0 atom stereocenters. The van der Waals surface area contributed by atoms with Gasteiger partial charge in [-0.1, -0.05) is 0 Å². The number of hydrogen-bond acceptors (Lipinski definition) is 4. The summed E-state index contributed by atoms with van der Waals surface area (Å²) in [4.78, 5) is 16.5. The lowest BCUT2D eigenvalue weighted by molar-refractivity contribution is -0.119. The van der Waals surface area contributed by atoms with E-state index in [9.17, 15) is 13.6 Å². The number of pyridine rings is 1. The third-order valence-corrected chi connectivity index (χ3v) is 2.26. The van der Waals surface area contributed by atoms with E-state index in [0.717, 1.165) is 6.07 Å². The summed E-state index contributed by atoms with van der Waals surface area (Å²) < 4.78 is 26.8. The molecule has 100 valence electrons. The quantitative estimate of drug-likeness (QED) is 0.826. The van der Waals surface area contributed by atoms with Crippen molar-refractivity contribution in [3.05, 3.63) is 17.7 Å². The normalized spacial score (nSPS) is 10.1. The van der Waals surface area contributed by atoms with Gasteiger partial charge in [-0.25, -0.2) is 13.8 Å². The highest BCUT2D eigenvalue weighted by Gasteiger charge is 2.16. The van der Waals surface area contributed by atoms with Gasteiger partial charge in [-0.05, 0) is 6.92 Å². The Labute approximate surface area is 104 Å². The number of nitrogens with zero attached hydrogens (tertiary/aromatic N) is 2. The zero-order valence-electron chi connectivity index (χ0n) is 10.6. The van der Waals surface area contributed by atoms with Crippen LogP contribution in [0.4, 0.5) is 20.4 Å². The molecule has 0 aliphatic rings. The minimum atomic E-state index is -0.807.